The minimum absolute atomic E-state index is 0.0714. The van der Waals surface area contributed by atoms with Crippen molar-refractivity contribution in [1.82, 2.24) is 19.5 Å². The maximum atomic E-state index is 13.7. The van der Waals surface area contributed by atoms with Gasteiger partial charge in [-0.25, -0.2) is 17.9 Å². The highest BCUT2D eigenvalue weighted by Crippen LogP contribution is 2.36. The number of sulfone groups is 1. The quantitative estimate of drug-likeness (QED) is 0.413. The summed E-state index contributed by atoms with van der Waals surface area (Å²) in [5.74, 6) is 0.268. The summed E-state index contributed by atoms with van der Waals surface area (Å²) >= 11 is 0. The van der Waals surface area contributed by atoms with Gasteiger partial charge in [0.15, 0.2) is 16.4 Å². The molecule has 0 saturated heterocycles. The predicted octanol–water partition coefficient (Wildman–Crippen LogP) is 3.42. The average Bonchev–Trinajstić information content (AvgIpc) is 3.22. The fourth-order valence-electron chi connectivity index (χ4n) is 3.84. The molecular weight excluding hydrogens is 436 g/mol. The van der Waals surface area contributed by atoms with Gasteiger partial charge in [-0.1, -0.05) is 48.5 Å². The molecule has 2 heterocycles. The maximum absolute atomic E-state index is 13.7. The topological polar surface area (TPSA) is 91.6 Å². The highest BCUT2D eigenvalue weighted by atomic mass is 32.2. The monoisotopic (exact) mass is 464 g/mol. The zero-order valence-electron chi connectivity index (χ0n) is 19.2. The fraction of sp³-hybridized carbons (Fsp3) is 0.250. The zero-order valence-corrected chi connectivity index (χ0v) is 20.0. The van der Waals surface area contributed by atoms with Crippen molar-refractivity contribution in [1.29, 1.82) is 0 Å². The van der Waals surface area contributed by atoms with E-state index in [1.54, 1.807) is 41.9 Å². The molecule has 0 amide bonds. The van der Waals surface area contributed by atoms with Crippen LogP contribution >= 0.6 is 0 Å². The Kier molecular flexibility index (Phi) is 6.35. The van der Waals surface area contributed by atoms with Crippen LogP contribution in [0.25, 0.3) is 16.9 Å². The lowest BCUT2D eigenvalue weighted by Gasteiger charge is -2.17. The van der Waals surface area contributed by atoms with Crippen molar-refractivity contribution in [3.8, 4) is 11.3 Å². The minimum Gasteiger partial charge on any atom is -0.385 e. The lowest BCUT2D eigenvalue weighted by atomic mass is 10.1. The lowest BCUT2D eigenvalue weighted by molar-refractivity contribution is 0.410. The number of nitrogens with one attached hydrogen (secondary N) is 2. The molecule has 0 atom stereocenters. The standard InChI is InChI=1S/C24H28N6O2S/c1-25-21-19(15-16-29(3)4)30-24(27-20(21)17-11-7-5-8-12-17)22(23(26-2)28-30)33(31,32)18-13-9-6-10-14-18/h5-14,25H,15-16H2,1-4H3,(H,26,28). The van der Waals surface area contributed by atoms with Crippen molar-refractivity contribution >= 4 is 27.0 Å². The van der Waals surface area contributed by atoms with Gasteiger partial charge in [0.25, 0.3) is 0 Å². The van der Waals surface area contributed by atoms with Crippen LogP contribution in [-0.2, 0) is 16.3 Å². The molecule has 0 bridgehead atoms. The molecule has 4 aromatic rings. The summed E-state index contributed by atoms with van der Waals surface area (Å²) in [4.78, 5) is 7.22. The molecule has 4 rings (SSSR count). The van der Waals surface area contributed by atoms with Crippen molar-refractivity contribution in [2.45, 2.75) is 16.2 Å². The molecule has 0 fully saturated rings. The van der Waals surface area contributed by atoms with Gasteiger partial charge in [0.1, 0.15) is 0 Å². The molecule has 0 saturated carbocycles. The summed E-state index contributed by atoms with van der Waals surface area (Å²) in [6, 6.07) is 18.1. The molecule has 0 aliphatic rings. The minimum atomic E-state index is -3.87. The Morgan fingerprint density at radius 2 is 1.58 bits per heavy atom. The van der Waals surface area contributed by atoms with Crippen molar-refractivity contribution < 1.29 is 8.42 Å². The van der Waals surface area contributed by atoms with Crippen LogP contribution in [0.1, 0.15) is 5.69 Å². The van der Waals surface area contributed by atoms with Crippen molar-refractivity contribution in [2.75, 3.05) is 45.4 Å². The summed E-state index contributed by atoms with van der Waals surface area (Å²) in [5.41, 5.74) is 3.57. The molecule has 9 heteroatoms. The largest absolute Gasteiger partial charge is 0.385 e. The number of anilines is 2. The van der Waals surface area contributed by atoms with Crippen LogP contribution in [0.2, 0.25) is 0 Å². The van der Waals surface area contributed by atoms with Gasteiger partial charge in [-0.15, -0.1) is 5.10 Å². The number of aromatic nitrogens is 3. The van der Waals surface area contributed by atoms with E-state index in [1.165, 1.54) is 0 Å². The fourth-order valence-corrected chi connectivity index (χ4v) is 5.36. The number of rotatable bonds is 8. The van der Waals surface area contributed by atoms with E-state index in [0.29, 0.717) is 17.8 Å². The SMILES string of the molecule is CNc1nn2c(CCN(C)C)c(NC)c(-c3ccccc3)nc2c1S(=O)(=O)c1ccccc1. The molecule has 2 aromatic carbocycles. The molecule has 2 N–H and O–H groups in total. The number of nitrogens with zero attached hydrogens (tertiary/aromatic N) is 4. The van der Waals surface area contributed by atoms with Gasteiger partial charge < -0.3 is 15.5 Å². The molecule has 0 spiro atoms. The maximum Gasteiger partial charge on any atom is 0.214 e. The third-order valence-electron chi connectivity index (χ3n) is 5.47. The predicted molar refractivity (Wildman–Crippen MR) is 132 cm³/mol. The van der Waals surface area contributed by atoms with E-state index in [-0.39, 0.29) is 15.6 Å². The van der Waals surface area contributed by atoms with Crippen LogP contribution in [-0.4, -0.2) is 62.7 Å². The second-order valence-electron chi connectivity index (χ2n) is 7.93. The van der Waals surface area contributed by atoms with Gasteiger partial charge in [-0.05, 0) is 26.2 Å². The van der Waals surface area contributed by atoms with Crippen LogP contribution in [0.5, 0.6) is 0 Å². The number of hydrogen-bond donors (Lipinski definition) is 2. The van der Waals surface area contributed by atoms with Crippen LogP contribution < -0.4 is 10.6 Å². The first kappa shape index (κ1) is 22.8. The Labute approximate surface area is 194 Å². The van der Waals surface area contributed by atoms with E-state index in [9.17, 15) is 8.42 Å². The highest BCUT2D eigenvalue weighted by Gasteiger charge is 2.31. The molecule has 8 nitrogen and oxygen atoms in total. The van der Waals surface area contributed by atoms with Crippen LogP contribution in [0, 0.1) is 0 Å². The number of benzene rings is 2. The number of hydrogen-bond acceptors (Lipinski definition) is 7. The Balaban J connectivity index is 2.09. The van der Waals surface area contributed by atoms with Crippen molar-refractivity contribution in [3.63, 3.8) is 0 Å². The molecule has 0 aliphatic carbocycles. The van der Waals surface area contributed by atoms with Gasteiger partial charge >= 0.3 is 0 Å². The number of fused-ring (bicyclic) bond motifs is 1. The normalized spacial score (nSPS) is 11.8. The Morgan fingerprint density at radius 3 is 2.15 bits per heavy atom. The summed E-state index contributed by atoms with van der Waals surface area (Å²) in [5, 5.41) is 10.9. The summed E-state index contributed by atoms with van der Waals surface area (Å²) in [7, 11) is 3.65. The Morgan fingerprint density at radius 1 is 0.939 bits per heavy atom. The van der Waals surface area contributed by atoms with Gasteiger partial charge in [-0.3, -0.25) is 0 Å². The molecule has 33 heavy (non-hydrogen) atoms. The Bertz CT molecular complexity index is 1370. The first-order chi connectivity index (χ1) is 15.9. The van der Waals surface area contributed by atoms with Gasteiger partial charge in [-0.2, -0.15) is 0 Å². The molecule has 0 unspecified atom stereocenters. The van der Waals surface area contributed by atoms with Crippen LogP contribution in [0.15, 0.2) is 70.5 Å². The highest BCUT2D eigenvalue weighted by molar-refractivity contribution is 7.91. The van der Waals surface area contributed by atoms with Gasteiger partial charge in [0.05, 0.1) is 22.0 Å². The molecule has 172 valence electrons. The van der Waals surface area contributed by atoms with Gasteiger partial charge in [0.2, 0.25) is 9.84 Å². The van der Waals surface area contributed by atoms with E-state index in [4.69, 9.17) is 4.98 Å². The molecule has 2 aromatic heterocycles. The van der Waals surface area contributed by atoms with E-state index in [2.05, 4.69) is 20.6 Å². The Hall–Kier alpha value is -3.43. The van der Waals surface area contributed by atoms with Crippen molar-refractivity contribution in [3.05, 3.63) is 66.4 Å². The summed E-state index contributed by atoms with van der Waals surface area (Å²) in [6.07, 6.45) is 0.650. The third kappa shape index (κ3) is 4.17. The first-order valence-corrected chi connectivity index (χ1v) is 12.2. The van der Waals surface area contributed by atoms with Crippen molar-refractivity contribution in [2.24, 2.45) is 0 Å². The average molecular weight is 465 g/mol. The van der Waals surface area contributed by atoms with Gasteiger partial charge in [0, 0.05) is 32.6 Å². The first-order valence-electron chi connectivity index (χ1n) is 10.7. The molecule has 0 radical (unpaired) electrons. The third-order valence-corrected chi connectivity index (χ3v) is 7.28. The van der Waals surface area contributed by atoms with E-state index in [1.807, 2.05) is 51.5 Å². The molecular formula is C24H28N6O2S. The summed E-state index contributed by atoms with van der Waals surface area (Å²) in [6.45, 7) is 0.761. The summed E-state index contributed by atoms with van der Waals surface area (Å²) < 4.78 is 29.1. The second kappa shape index (κ2) is 9.21. The van der Waals surface area contributed by atoms with E-state index < -0.39 is 9.84 Å². The smallest absolute Gasteiger partial charge is 0.214 e. The van der Waals surface area contributed by atoms with Crippen LogP contribution in [0.4, 0.5) is 11.5 Å². The van der Waals surface area contributed by atoms with E-state index >= 15 is 0 Å². The second-order valence-corrected chi connectivity index (χ2v) is 9.82. The lowest BCUT2D eigenvalue weighted by Crippen LogP contribution is -2.18. The van der Waals surface area contributed by atoms with Crippen LogP contribution in [0.3, 0.4) is 0 Å². The molecule has 0 aliphatic heterocycles. The van der Waals surface area contributed by atoms with E-state index in [0.717, 1.165) is 23.5 Å². The zero-order chi connectivity index (χ0) is 23.6. The number of likely N-dealkylation sites (N-methyl/N-ethyl adjacent to an activating group) is 1.